The van der Waals surface area contributed by atoms with Gasteiger partial charge in [-0.1, -0.05) is 17.7 Å². The van der Waals surface area contributed by atoms with Crippen LogP contribution in [0.4, 0.5) is 11.4 Å². The zero-order valence-corrected chi connectivity index (χ0v) is 13.6. The van der Waals surface area contributed by atoms with Crippen molar-refractivity contribution >= 4 is 17.3 Å². The summed E-state index contributed by atoms with van der Waals surface area (Å²) in [5.41, 5.74) is 2.88. The van der Waals surface area contributed by atoms with E-state index < -0.39 is 10.8 Å². The molecule has 0 unspecified atom stereocenters. The van der Waals surface area contributed by atoms with E-state index in [1.54, 1.807) is 6.07 Å². The molecular formula is C17H15N5O3. The molecule has 0 saturated heterocycles. The molecule has 2 aromatic carbocycles. The number of aryl methyl sites for hydroxylation is 2. The van der Waals surface area contributed by atoms with Gasteiger partial charge in [-0.25, -0.2) is 9.67 Å². The molecule has 25 heavy (non-hydrogen) atoms. The van der Waals surface area contributed by atoms with Crippen molar-refractivity contribution in [1.29, 1.82) is 0 Å². The highest BCUT2D eigenvalue weighted by atomic mass is 16.6. The average molecular weight is 337 g/mol. The maximum Gasteiger partial charge on any atom is 0.295 e. The maximum atomic E-state index is 12.5. The Hall–Kier alpha value is -3.55. The Kier molecular flexibility index (Phi) is 4.25. The quantitative estimate of drug-likeness (QED) is 0.582. The molecule has 0 fully saturated rings. The van der Waals surface area contributed by atoms with Crippen LogP contribution in [0.1, 0.15) is 21.5 Å². The van der Waals surface area contributed by atoms with E-state index in [2.05, 4.69) is 15.4 Å². The van der Waals surface area contributed by atoms with Crippen molar-refractivity contribution < 1.29 is 9.72 Å². The van der Waals surface area contributed by atoms with Crippen LogP contribution in [-0.4, -0.2) is 25.6 Å². The second kappa shape index (κ2) is 6.52. The fourth-order valence-electron chi connectivity index (χ4n) is 2.49. The number of nitrogens with zero attached hydrogens (tertiary/aromatic N) is 4. The Bertz CT molecular complexity index is 951. The molecule has 0 aliphatic heterocycles. The Morgan fingerprint density at radius 3 is 2.64 bits per heavy atom. The summed E-state index contributed by atoms with van der Waals surface area (Å²) < 4.78 is 1.28. The minimum Gasteiger partial charge on any atom is -0.322 e. The largest absolute Gasteiger partial charge is 0.322 e. The van der Waals surface area contributed by atoms with E-state index in [9.17, 15) is 14.9 Å². The number of carbonyl (C=O) groups excluding carboxylic acids is 1. The third kappa shape index (κ3) is 3.37. The number of aromatic nitrogens is 3. The van der Waals surface area contributed by atoms with Gasteiger partial charge in [0.1, 0.15) is 18.3 Å². The monoisotopic (exact) mass is 337 g/mol. The number of carbonyl (C=O) groups is 1. The van der Waals surface area contributed by atoms with Crippen molar-refractivity contribution in [2.75, 3.05) is 5.32 Å². The molecule has 0 aliphatic carbocycles. The number of hydrogen-bond donors (Lipinski definition) is 1. The Morgan fingerprint density at radius 1 is 1.20 bits per heavy atom. The SMILES string of the molecule is Cc1ccc(NC(=O)c2ccc(-n3cncn3)c([N+](=O)[O-])c2)c(C)c1. The van der Waals surface area contributed by atoms with Crippen LogP contribution in [0.5, 0.6) is 0 Å². The summed E-state index contributed by atoms with van der Waals surface area (Å²) in [5.74, 6) is -0.416. The van der Waals surface area contributed by atoms with Gasteiger partial charge in [-0.05, 0) is 37.6 Å². The van der Waals surface area contributed by atoms with Crippen molar-refractivity contribution in [3.05, 3.63) is 75.9 Å². The molecule has 1 amide bonds. The Labute approximate surface area is 143 Å². The van der Waals surface area contributed by atoms with Gasteiger partial charge in [-0.15, -0.1) is 0 Å². The van der Waals surface area contributed by atoms with E-state index in [4.69, 9.17) is 0 Å². The lowest BCUT2D eigenvalue weighted by atomic mass is 10.1. The summed E-state index contributed by atoms with van der Waals surface area (Å²) in [6, 6.07) is 9.87. The van der Waals surface area contributed by atoms with Crippen LogP contribution in [-0.2, 0) is 0 Å². The molecular weight excluding hydrogens is 322 g/mol. The molecule has 3 aromatic rings. The first-order valence-electron chi connectivity index (χ1n) is 7.48. The number of rotatable bonds is 4. The molecule has 8 heteroatoms. The zero-order valence-electron chi connectivity index (χ0n) is 13.6. The van der Waals surface area contributed by atoms with Gasteiger partial charge in [0, 0.05) is 17.3 Å². The highest BCUT2D eigenvalue weighted by Gasteiger charge is 2.19. The van der Waals surface area contributed by atoms with Crippen LogP contribution < -0.4 is 5.32 Å². The maximum absolute atomic E-state index is 12.5. The molecule has 0 bridgehead atoms. The first-order chi connectivity index (χ1) is 12.0. The van der Waals surface area contributed by atoms with Crippen molar-refractivity contribution in [2.45, 2.75) is 13.8 Å². The zero-order chi connectivity index (χ0) is 18.0. The van der Waals surface area contributed by atoms with Gasteiger partial charge in [0.15, 0.2) is 0 Å². The first-order valence-corrected chi connectivity index (χ1v) is 7.48. The molecule has 1 N–H and O–H groups in total. The molecule has 3 rings (SSSR count). The van der Waals surface area contributed by atoms with E-state index in [1.165, 1.54) is 35.5 Å². The Morgan fingerprint density at radius 2 is 2.00 bits per heavy atom. The molecule has 0 aliphatic rings. The lowest BCUT2D eigenvalue weighted by molar-refractivity contribution is -0.384. The van der Waals surface area contributed by atoms with Crippen LogP contribution in [0.2, 0.25) is 0 Å². The highest BCUT2D eigenvalue weighted by Crippen LogP contribution is 2.24. The van der Waals surface area contributed by atoms with Crippen molar-refractivity contribution in [3.63, 3.8) is 0 Å². The summed E-state index contributed by atoms with van der Waals surface area (Å²) in [5, 5.41) is 18.0. The van der Waals surface area contributed by atoms with Crippen molar-refractivity contribution in [2.24, 2.45) is 0 Å². The minimum absolute atomic E-state index is 0.190. The summed E-state index contributed by atoms with van der Waals surface area (Å²) in [6.07, 6.45) is 2.64. The molecule has 1 heterocycles. The van der Waals surface area contributed by atoms with E-state index in [0.29, 0.717) is 5.69 Å². The third-order valence-corrected chi connectivity index (χ3v) is 3.73. The lowest BCUT2D eigenvalue weighted by Gasteiger charge is -2.10. The van der Waals surface area contributed by atoms with Gasteiger partial charge < -0.3 is 5.32 Å². The van der Waals surface area contributed by atoms with Crippen LogP contribution in [0, 0.1) is 24.0 Å². The predicted octanol–water partition coefficient (Wildman–Crippen LogP) is 3.04. The summed E-state index contributed by atoms with van der Waals surface area (Å²) >= 11 is 0. The summed E-state index contributed by atoms with van der Waals surface area (Å²) in [4.78, 5) is 27.0. The molecule has 126 valence electrons. The number of nitro benzene ring substituents is 1. The van der Waals surface area contributed by atoms with Gasteiger partial charge in [-0.3, -0.25) is 14.9 Å². The van der Waals surface area contributed by atoms with Crippen LogP contribution >= 0.6 is 0 Å². The number of benzene rings is 2. The second-order valence-corrected chi connectivity index (χ2v) is 5.57. The molecule has 1 aromatic heterocycles. The van der Waals surface area contributed by atoms with Gasteiger partial charge in [0.25, 0.3) is 11.6 Å². The second-order valence-electron chi connectivity index (χ2n) is 5.57. The topological polar surface area (TPSA) is 103 Å². The molecule has 8 nitrogen and oxygen atoms in total. The Balaban J connectivity index is 1.93. The smallest absolute Gasteiger partial charge is 0.295 e. The van der Waals surface area contributed by atoms with E-state index in [-0.39, 0.29) is 16.9 Å². The molecule has 0 radical (unpaired) electrons. The van der Waals surface area contributed by atoms with Gasteiger partial charge in [0.05, 0.1) is 4.92 Å². The van der Waals surface area contributed by atoms with Gasteiger partial charge in [-0.2, -0.15) is 5.10 Å². The standard InChI is InChI=1S/C17H15N5O3/c1-11-3-5-14(12(2)7-11)20-17(23)13-4-6-15(16(8-13)22(24)25)21-10-18-9-19-21/h3-10H,1-2H3,(H,20,23). The van der Waals surface area contributed by atoms with Crippen LogP contribution in [0.25, 0.3) is 5.69 Å². The van der Waals surface area contributed by atoms with Crippen molar-refractivity contribution in [3.8, 4) is 5.69 Å². The minimum atomic E-state index is -0.551. The molecule has 0 saturated carbocycles. The summed E-state index contributed by atoms with van der Waals surface area (Å²) in [6.45, 7) is 3.85. The van der Waals surface area contributed by atoms with E-state index in [1.807, 2.05) is 26.0 Å². The fraction of sp³-hybridized carbons (Fsp3) is 0.118. The number of anilines is 1. The van der Waals surface area contributed by atoms with Crippen LogP contribution in [0.3, 0.4) is 0 Å². The third-order valence-electron chi connectivity index (χ3n) is 3.73. The first kappa shape index (κ1) is 16.3. The normalized spacial score (nSPS) is 10.5. The van der Waals surface area contributed by atoms with Crippen LogP contribution in [0.15, 0.2) is 49.1 Å². The molecule has 0 atom stereocenters. The number of nitrogens with one attached hydrogen (secondary N) is 1. The van der Waals surface area contributed by atoms with E-state index >= 15 is 0 Å². The number of amides is 1. The molecule has 0 spiro atoms. The fourth-order valence-corrected chi connectivity index (χ4v) is 2.49. The highest BCUT2D eigenvalue weighted by molar-refractivity contribution is 6.05. The van der Waals surface area contributed by atoms with Gasteiger partial charge >= 0.3 is 0 Å². The number of hydrogen-bond acceptors (Lipinski definition) is 5. The van der Waals surface area contributed by atoms with Crippen molar-refractivity contribution in [1.82, 2.24) is 14.8 Å². The van der Waals surface area contributed by atoms with Gasteiger partial charge in [0.2, 0.25) is 0 Å². The average Bonchev–Trinajstić information content (AvgIpc) is 3.11. The lowest BCUT2D eigenvalue weighted by Crippen LogP contribution is -2.13. The number of nitro groups is 1. The summed E-state index contributed by atoms with van der Waals surface area (Å²) in [7, 11) is 0. The van der Waals surface area contributed by atoms with E-state index in [0.717, 1.165) is 11.1 Å². The predicted molar refractivity (Wildman–Crippen MR) is 91.9 cm³/mol.